The maximum atomic E-state index is 12.0. The summed E-state index contributed by atoms with van der Waals surface area (Å²) in [5.74, 6) is 0.966. The van der Waals surface area contributed by atoms with Crippen LogP contribution in [-0.4, -0.2) is 36.5 Å². The Bertz CT molecular complexity index is 220. The summed E-state index contributed by atoms with van der Waals surface area (Å²) in [6.45, 7) is 5.15. The van der Waals surface area contributed by atoms with E-state index < -0.39 is 0 Å². The Morgan fingerprint density at radius 2 is 2.20 bits per heavy atom. The fraction of sp³-hybridized carbons (Fsp3) is 0.917. The Hall–Kier alpha value is -0.570. The quantitative estimate of drug-likeness (QED) is 0.760. The van der Waals surface area contributed by atoms with Crippen LogP contribution in [0.1, 0.15) is 39.0 Å². The highest BCUT2D eigenvalue weighted by Crippen LogP contribution is 2.28. The summed E-state index contributed by atoms with van der Waals surface area (Å²) in [4.78, 5) is 14.1. The number of nitrogens with one attached hydrogen (secondary N) is 1. The molecule has 1 amide bonds. The van der Waals surface area contributed by atoms with E-state index in [1.165, 1.54) is 25.7 Å². The van der Waals surface area contributed by atoms with E-state index in [-0.39, 0.29) is 0 Å². The van der Waals surface area contributed by atoms with Crippen LogP contribution in [0.5, 0.6) is 0 Å². The van der Waals surface area contributed by atoms with Crippen molar-refractivity contribution in [3.8, 4) is 0 Å². The minimum atomic E-state index is 0.383. The summed E-state index contributed by atoms with van der Waals surface area (Å²) in [6, 6.07) is 0.582. The van der Waals surface area contributed by atoms with Crippen LogP contribution in [0.4, 0.5) is 0 Å². The molecular formula is C12H22N2O. The van der Waals surface area contributed by atoms with Crippen molar-refractivity contribution >= 4 is 5.91 Å². The molecule has 3 heteroatoms. The van der Waals surface area contributed by atoms with Crippen molar-refractivity contribution in [2.24, 2.45) is 5.92 Å². The van der Waals surface area contributed by atoms with E-state index in [1.54, 1.807) is 0 Å². The van der Waals surface area contributed by atoms with Crippen LogP contribution >= 0.6 is 0 Å². The third-order valence-corrected chi connectivity index (χ3v) is 3.51. The molecule has 1 N–H and O–H groups in total. The van der Waals surface area contributed by atoms with Crippen LogP contribution in [0.2, 0.25) is 0 Å². The van der Waals surface area contributed by atoms with Gasteiger partial charge in [0.1, 0.15) is 0 Å². The average molecular weight is 210 g/mol. The molecule has 1 saturated heterocycles. The lowest BCUT2D eigenvalue weighted by molar-refractivity contribution is -0.132. The minimum absolute atomic E-state index is 0.383. The molecule has 86 valence electrons. The summed E-state index contributed by atoms with van der Waals surface area (Å²) in [6.07, 6.45) is 5.66. The van der Waals surface area contributed by atoms with Crippen molar-refractivity contribution in [3.05, 3.63) is 0 Å². The fourth-order valence-electron chi connectivity index (χ4n) is 2.49. The zero-order valence-corrected chi connectivity index (χ0v) is 9.67. The summed E-state index contributed by atoms with van der Waals surface area (Å²) in [5.41, 5.74) is 0. The molecule has 0 bridgehead atoms. The zero-order chi connectivity index (χ0) is 10.7. The highest BCUT2D eigenvalue weighted by molar-refractivity contribution is 5.77. The number of hydrogen-bond acceptors (Lipinski definition) is 2. The molecule has 2 rings (SSSR count). The number of amides is 1. The van der Waals surface area contributed by atoms with Crippen LogP contribution in [0.15, 0.2) is 0 Å². The van der Waals surface area contributed by atoms with Gasteiger partial charge in [-0.1, -0.05) is 0 Å². The van der Waals surface area contributed by atoms with E-state index >= 15 is 0 Å². The van der Waals surface area contributed by atoms with Crippen LogP contribution in [0, 0.1) is 5.92 Å². The van der Waals surface area contributed by atoms with E-state index in [4.69, 9.17) is 0 Å². The average Bonchev–Trinajstić information content (AvgIpc) is 3.04. The molecule has 1 atom stereocenters. The number of hydrogen-bond donors (Lipinski definition) is 1. The first-order chi connectivity index (χ1) is 7.31. The van der Waals surface area contributed by atoms with Crippen molar-refractivity contribution in [3.63, 3.8) is 0 Å². The number of carbonyl (C=O) groups is 1. The molecular weight excluding hydrogens is 188 g/mol. The molecule has 0 aromatic heterocycles. The Kier molecular flexibility index (Phi) is 3.62. The maximum Gasteiger partial charge on any atom is 0.223 e. The van der Waals surface area contributed by atoms with E-state index in [2.05, 4.69) is 17.1 Å². The highest BCUT2D eigenvalue weighted by atomic mass is 16.2. The first-order valence-electron chi connectivity index (χ1n) is 6.31. The number of carbonyl (C=O) groups excluding carboxylic acids is 1. The van der Waals surface area contributed by atoms with Gasteiger partial charge in [0.2, 0.25) is 5.91 Å². The van der Waals surface area contributed by atoms with E-state index in [0.29, 0.717) is 17.9 Å². The van der Waals surface area contributed by atoms with Crippen molar-refractivity contribution in [1.29, 1.82) is 0 Å². The van der Waals surface area contributed by atoms with Crippen LogP contribution in [-0.2, 0) is 4.79 Å². The molecule has 0 aromatic rings. The summed E-state index contributed by atoms with van der Waals surface area (Å²) in [7, 11) is 0. The van der Waals surface area contributed by atoms with Gasteiger partial charge in [0.25, 0.3) is 0 Å². The summed E-state index contributed by atoms with van der Waals surface area (Å²) < 4.78 is 0. The first-order valence-corrected chi connectivity index (χ1v) is 6.31. The predicted molar refractivity (Wildman–Crippen MR) is 60.6 cm³/mol. The van der Waals surface area contributed by atoms with Gasteiger partial charge in [-0.15, -0.1) is 0 Å². The molecule has 1 saturated carbocycles. The van der Waals surface area contributed by atoms with Crippen LogP contribution < -0.4 is 5.32 Å². The monoisotopic (exact) mass is 210 g/mol. The molecule has 1 aliphatic carbocycles. The van der Waals surface area contributed by atoms with Gasteiger partial charge in [-0.3, -0.25) is 4.79 Å². The van der Waals surface area contributed by atoms with E-state index in [0.717, 1.165) is 26.1 Å². The lowest BCUT2D eigenvalue weighted by atomic mass is 9.95. The number of nitrogens with zero attached hydrogens (tertiary/aromatic N) is 1. The molecule has 0 radical (unpaired) electrons. The van der Waals surface area contributed by atoms with Gasteiger partial charge in [0, 0.05) is 19.0 Å². The third kappa shape index (κ3) is 2.94. The molecule has 1 unspecified atom stereocenters. The van der Waals surface area contributed by atoms with Gasteiger partial charge in [0.15, 0.2) is 0 Å². The Morgan fingerprint density at radius 1 is 1.40 bits per heavy atom. The lowest BCUT2D eigenvalue weighted by Crippen LogP contribution is -2.37. The summed E-state index contributed by atoms with van der Waals surface area (Å²) >= 11 is 0. The second kappa shape index (κ2) is 4.97. The molecule has 3 nitrogen and oxygen atoms in total. The topological polar surface area (TPSA) is 32.3 Å². The van der Waals surface area contributed by atoms with Crippen molar-refractivity contribution in [2.45, 2.75) is 45.1 Å². The molecule has 1 aliphatic heterocycles. The lowest BCUT2D eigenvalue weighted by Gasteiger charge is -2.26. The maximum absolute atomic E-state index is 12.0. The highest BCUT2D eigenvalue weighted by Gasteiger charge is 2.32. The SMILES string of the molecule is CCN(C(=O)CC1CCCNC1)C1CC1. The molecule has 2 aliphatic rings. The van der Waals surface area contributed by atoms with Gasteiger partial charge < -0.3 is 10.2 Å². The standard InChI is InChI=1S/C12H22N2O/c1-2-14(11-5-6-11)12(15)8-10-4-3-7-13-9-10/h10-11,13H,2-9H2,1H3. The van der Waals surface area contributed by atoms with Gasteiger partial charge in [-0.05, 0) is 51.6 Å². The molecule has 0 aromatic carbocycles. The second-order valence-electron chi connectivity index (χ2n) is 4.83. The van der Waals surface area contributed by atoms with Gasteiger partial charge in [-0.25, -0.2) is 0 Å². The predicted octanol–water partition coefficient (Wildman–Crippen LogP) is 1.39. The normalized spacial score (nSPS) is 26.3. The third-order valence-electron chi connectivity index (χ3n) is 3.51. The molecule has 1 heterocycles. The number of piperidine rings is 1. The summed E-state index contributed by atoms with van der Waals surface area (Å²) in [5, 5.41) is 3.37. The fourth-order valence-corrected chi connectivity index (χ4v) is 2.49. The van der Waals surface area contributed by atoms with Gasteiger partial charge in [-0.2, -0.15) is 0 Å². The van der Waals surface area contributed by atoms with Crippen molar-refractivity contribution in [1.82, 2.24) is 10.2 Å². The van der Waals surface area contributed by atoms with Gasteiger partial charge >= 0.3 is 0 Å². The zero-order valence-electron chi connectivity index (χ0n) is 9.67. The smallest absolute Gasteiger partial charge is 0.223 e. The molecule has 0 spiro atoms. The van der Waals surface area contributed by atoms with Crippen molar-refractivity contribution < 1.29 is 4.79 Å². The number of rotatable bonds is 4. The van der Waals surface area contributed by atoms with E-state index in [1.807, 2.05) is 0 Å². The Balaban J connectivity index is 1.78. The largest absolute Gasteiger partial charge is 0.340 e. The molecule has 15 heavy (non-hydrogen) atoms. The van der Waals surface area contributed by atoms with Crippen LogP contribution in [0.25, 0.3) is 0 Å². The second-order valence-corrected chi connectivity index (χ2v) is 4.83. The van der Waals surface area contributed by atoms with Crippen molar-refractivity contribution in [2.75, 3.05) is 19.6 Å². The Morgan fingerprint density at radius 3 is 2.73 bits per heavy atom. The molecule has 2 fully saturated rings. The van der Waals surface area contributed by atoms with Gasteiger partial charge in [0.05, 0.1) is 0 Å². The Labute approximate surface area is 92.2 Å². The van der Waals surface area contributed by atoms with Crippen LogP contribution in [0.3, 0.4) is 0 Å². The van der Waals surface area contributed by atoms with E-state index in [9.17, 15) is 4.79 Å². The first kappa shape index (κ1) is 10.9. The minimum Gasteiger partial charge on any atom is -0.340 e.